The van der Waals surface area contributed by atoms with E-state index in [9.17, 15) is 0 Å². The fraction of sp³-hybridized carbons (Fsp3) is 0.353. The molecule has 0 atom stereocenters. The number of thioether (sulfide) groups is 1. The highest BCUT2D eigenvalue weighted by Gasteiger charge is 2.15. The van der Waals surface area contributed by atoms with Crippen LogP contribution in [0.3, 0.4) is 0 Å². The number of hydrogen-bond donors (Lipinski definition) is 2. The minimum atomic E-state index is 0.852. The number of benzene rings is 1. The largest absolute Gasteiger partial charge is 0.356 e. The van der Waals surface area contributed by atoms with E-state index in [1.54, 1.807) is 11.8 Å². The quantitative estimate of drug-likeness (QED) is 0.661. The number of H-pyrrole nitrogens is 1. The molecule has 0 aliphatic carbocycles. The normalized spacial score (nSPS) is 10.8. The molecule has 0 saturated carbocycles. The van der Waals surface area contributed by atoms with Gasteiger partial charge in [0.05, 0.1) is 0 Å². The molecule has 0 unspecified atom stereocenters. The second kappa shape index (κ2) is 5.88. The molecule has 0 amide bonds. The Morgan fingerprint density at radius 3 is 2.05 bits per heavy atom. The molecule has 0 spiro atoms. The standard InChI is InChI=1S/C17H22N2S/c1-10-11(2)13(4)15(14(5)12(10)3)9-20-17(18)16-7-6-8-19-16/h6-8,18-19H,9H2,1-5H3/p+1. The number of rotatable bonds is 3. The molecule has 106 valence electrons. The first-order valence-electron chi connectivity index (χ1n) is 6.88. The van der Waals surface area contributed by atoms with Gasteiger partial charge in [0.25, 0.3) is 5.04 Å². The zero-order chi connectivity index (χ0) is 14.9. The Morgan fingerprint density at radius 2 is 1.55 bits per heavy atom. The average molecular weight is 287 g/mol. The number of hydrogen-bond acceptors (Lipinski definition) is 1. The Balaban J connectivity index is 2.24. The molecule has 0 radical (unpaired) electrons. The van der Waals surface area contributed by atoms with Crippen molar-refractivity contribution in [1.82, 2.24) is 4.98 Å². The smallest absolute Gasteiger partial charge is 0.255 e. The van der Waals surface area contributed by atoms with E-state index in [0.717, 1.165) is 16.5 Å². The summed E-state index contributed by atoms with van der Waals surface area (Å²) in [6.07, 6.45) is 1.90. The summed E-state index contributed by atoms with van der Waals surface area (Å²) in [7, 11) is 0. The molecule has 0 saturated heterocycles. The topological polar surface area (TPSA) is 41.4 Å². The van der Waals surface area contributed by atoms with Crippen LogP contribution >= 0.6 is 11.8 Å². The van der Waals surface area contributed by atoms with Gasteiger partial charge in [0.1, 0.15) is 5.69 Å². The Labute approximate surface area is 125 Å². The Hall–Kier alpha value is -1.48. The van der Waals surface area contributed by atoms with E-state index in [1.807, 2.05) is 18.3 Å². The van der Waals surface area contributed by atoms with Crippen molar-refractivity contribution in [2.24, 2.45) is 0 Å². The summed E-state index contributed by atoms with van der Waals surface area (Å²) >= 11 is 1.70. The average Bonchev–Trinajstić information content (AvgIpc) is 2.97. The number of aromatic amines is 1. The number of nitrogens with two attached hydrogens (primary N) is 1. The molecule has 1 heterocycles. The van der Waals surface area contributed by atoms with E-state index in [1.165, 1.54) is 33.4 Å². The summed E-state index contributed by atoms with van der Waals surface area (Å²) in [6.45, 7) is 11.1. The third kappa shape index (κ3) is 2.68. The van der Waals surface area contributed by atoms with Crippen LogP contribution in [0.15, 0.2) is 18.3 Å². The van der Waals surface area contributed by atoms with Crippen molar-refractivity contribution in [3.63, 3.8) is 0 Å². The van der Waals surface area contributed by atoms with Gasteiger partial charge in [-0.25, -0.2) is 5.41 Å². The van der Waals surface area contributed by atoms with Gasteiger partial charge in [0, 0.05) is 11.9 Å². The molecule has 2 aromatic rings. The van der Waals surface area contributed by atoms with Crippen molar-refractivity contribution in [3.8, 4) is 0 Å². The molecule has 0 bridgehead atoms. The molecule has 3 N–H and O–H groups in total. The number of nitrogens with one attached hydrogen (secondary N) is 1. The van der Waals surface area contributed by atoms with Crippen LogP contribution < -0.4 is 5.41 Å². The highest BCUT2D eigenvalue weighted by molar-refractivity contribution is 8.13. The van der Waals surface area contributed by atoms with Gasteiger partial charge in [-0.05, 0) is 80.1 Å². The van der Waals surface area contributed by atoms with Gasteiger partial charge in [0.15, 0.2) is 0 Å². The maximum absolute atomic E-state index is 6.14. The first kappa shape index (κ1) is 14.9. The molecule has 2 nitrogen and oxygen atoms in total. The van der Waals surface area contributed by atoms with Crippen molar-refractivity contribution >= 4 is 16.8 Å². The van der Waals surface area contributed by atoms with E-state index in [0.29, 0.717) is 0 Å². The second-order valence-electron chi connectivity index (χ2n) is 5.34. The van der Waals surface area contributed by atoms with E-state index >= 15 is 0 Å². The van der Waals surface area contributed by atoms with Gasteiger partial charge >= 0.3 is 0 Å². The van der Waals surface area contributed by atoms with Crippen molar-refractivity contribution in [1.29, 1.82) is 0 Å². The highest BCUT2D eigenvalue weighted by atomic mass is 32.2. The van der Waals surface area contributed by atoms with Crippen molar-refractivity contribution in [2.45, 2.75) is 40.4 Å². The van der Waals surface area contributed by atoms with E-state index in [2.05, 4.69) is 39.6 Å². The molecule has 0 aliphatic heterocycles. The lowest BCUT2D eigenvalue weighted by atomic mass is 9.90. The van der Waals surface area contributed by atoms with Gasteiger partial charge < -0.3 is 4.98 Å². The third-order valence-electron chi connectivity index (χ3n) is 4.39. The molecule has 0 fully saturated rings. The Kier molecular flexibility index (Phi) is 4.39. The van der Waals surface area contributed by atoms with Gasteiger partial charge in [-0.1, -0.05) is 11.8 Å². The minimum absolute atomic E-state index is 0.852. The predicted octanol–water partition coefficient (Wildman–Crippen LogP) is 3.00. The van der Waals surface area contributed by atoms with Gasteiger partial charge in [0.2, 0.25) is 0 Å². The monoisotopic (exact) mass is 287 g/mol. The van der Waals surface area contributed by atoms with Crippen LogP contribution in [0, 0.1) is 34.6 Å². The van der Waals surface area contributed by atoms with E-state index in [4.69, 9.17) is 5.41 Å². The fourth-order valence-electron chi connectivity index (χ4n) is 2.51. The van der Waals surface area contributed by atoms with Gasteiger partial charge in [-0.15, -0.1) is 0 Å². The third-order valence-corrected chi connectivity index (χ3v) is 5.35. The molecular formula is C17H23N2S+. The zero-order valence-electron chi connectivity index (χ0n) is 12.9. The minimum Gasteiger partial charge on any atom is -0.356 e. The van der Waals surface area contributed by atoms with Crippen LogP contribution in [0.2, 0.25) is 0 Å². The first-order chi connectivity index (χ1) is 9.43. The maximum Gasteiger partial charge on any atom is 0.255 e. The summed E-state index contributed by atoms with van der Waals surface area (Å²) in [5.41, 5.74) is 9.45. The molecular weight excluding hydrogens is 264 g/mol. The van der Waals surface area contributed by atoms with E-state index < -0.39 is 0 Å². The second-order valence-corrected chi connectivity index (χ2v) is 6.36. The van der Waals surface area contributed by atoms with Crippen molar-refractivity contribution in [2.75, 3.05) is 0 Å². The first-order valence-corrected chi connectivity index (χ1v) is 7.86. The molecule has 3 heteroatoms. The van der Waals surface area contributed by atoms with Crippen LogP contribution in [0.5, 0.6) is 0 Å². The summed E-state index contributed by atoms with van der Waals surface area (Å²) in [4.78, 5) is 3.15. The summed E-state index contributed by atoms with van der Waals surface area (Å²) in [5.74, 6) is 0.921. The van der Waals surface area contributed by atoms with Crippen molar-refractivity contribution < 1.29 is 5.41 Å². The fourth-order valence-corrected chi connectivity index (χ4v) is 3.52. The SMILES string of the molecule is Cc1c(C)c(C)c(CSC(=[NH2+])c2ccc[nH]2)c(C)c1C. The zero-order valence-corrected chi connectivity index (χ0v) is 13.7. The molecule has 1 aromatic heterocycles. The lowest BCUT2D eigenvalue weighted by Crippen LogP contribution is -2.38. The van der Waals surface area contributed by atoms with Crippen LogP contribution in [0.1, 0.15) is 39.1 Å². The molecule has 2 rings (SSSR count). The molecule has 20 heavy (non-hydrogen) atoms. The maximum atomic E-state index is 6.14. The van der Waals surface area contributed by atoms with Crippen molar-refractivity contribution in [3.05, 3.63) is 57.4 Å². The summed E-state index contributed by atoms with van der Waals surface area (Å²) in [5, 5.41) is 6.99. The van der Waals surface area contributed by atoms with E-state index in [-0.39, 0.29) is 0 Å². The van der Waals surface area contributed by atoms with Crippen LogP contribution in [0.25, 0.3) is 0 Å². The molecule has 0 aliphatic rings. The van der Waals surface area contributed by atoms with Crippen LogP contribution in [-0.2, 0) is 5.75 Å². The van der Waals surface area contributed by atoms with Gasteiger partial charge in [-0.2, -0.15) is 0 Å². The molecule has 1 aromatic carbocycles. The predicted molar refractivity (Wildman–Crippen MR) is 88.2 cm³/mol. The number of aromatic nitrogens is 1. The lowest BCUT2D eigenvalue weighted by molar-refractivity contribution is -0.107. The Bertz CT molecular complexity index is 610. The van der Waals surface area contributed by atoms with Gasteiger partial charge in [-0.3, -0.25) is 0 Å². The van der Waals surface area contributed by atoms with Crippen LogP contribution in [0.4, 0.5) is 0 Å². The van der Waals surface area contributed by atoms with Crippen LogP contribution in [-0.4, -0.2) is 10.0 Å². The summed E-state index contributed by atoms with van der Waals surface area (Å²) in [6, 6.07) is 3.98. The highest BCUT2D eigenvalue weighted by Crippen LogP contribution is 2.29. The lowest BCUT2D eigenvalue weighted by Gasteiger charge is -2.18. The Morgan fingerprint density at radius 1 is 1.00 bits per heavy atom. The summed E-state index contributed by atoms with van der Waals surface area (Å²) < 4.78 is 0.